The average Bonchev–Trinajstić information content (AvgIpc) is 2.27. The van der Waals surface area contributed by atoms with Crippen LogP contribution in [0.15, 0.2) is 24.3 Å². The van der Waals surface area contributed by atoms with E-state index in [0.717, 1.165) is 18.0 Å². The second kappa shape index (κ2) is 7.12. The lowest BCUT2D eigenvalue weighted by Gasteiger charge is -2.13. The first-order valence-electron chi connectivity index (χ1n) is 5.89. The van der Waals surface area contributed by atoms with Gasteiger partial charge >= 0.3 is 0 Å². The van der Waals surface area contributed by atoms with Gasteiger partial charge in [-0.3, -0.25) is 0 Å². The summed E-state index contributed by atoms with van der Waals surface area (Å²) < 4.78 is 5.42. The predicted octanol–water partition coefficient (Wildman–Crippen LogP) is 3.03. The van der Waals surface area contributed by atoms with Crippen LogP contribution in [-0.2, 0) is 0 Å². The summed E-state index contributed by atoms with van der Waals surface area (Å²) in [6, 6.07) is 7.77. The van der Waals surface area contributed by atoms with E-state index < -0.39 is 0 Å². The first-order valence-corrected chi connectivity index (χ1v) is 6.30. The Labute approximate surface area is 109 Å². The number of hydrogen-bond acceptors (Lipinski definition) is 2. The molecule has 0 unspecified atom stereocenters. The van der Waals surface area contributed by atoms with E-state index in [2.05, 4.69) is 24.5 Å². The Hall–Kier alpha value is -1.29. The number of nitrogens with one attached hydrogen (secondary N) is 2. The summed E-state index contributed by atoms with van der Waals surface area (Å²) in [5.41, 5.74) is 0.942. The van der Waals surface area contributed by atoms with Gasteiger partial charge < -0.3 is 15.4 Å². The fraction of sp³-hybridized carbons (Fsp3) is 0.462. The standard InChI is InChI=1S/C13H20N2OS/c1-4-16-12-7-5-6-11(8-12)15-13(17)14-9-10(2)3/h5-8,10H,4,9H2,1-3H3,(H2,14,15,17). The molecule has 17 heavy (non-hydrogen) atoms. The summed E-state index contributed by atoms with van der Waals surface area (Å²) in [7, 11) is 0. The number of thiocarbonyl (C=S) groups is 1. The van der Waals surface area contributed by atoms with Crippen molar-refractivity contribution in [1.29, 1.82) is 0 Å². The number of benzene rings is 1. The molecule has 0 aliphatic carbocycles. The van der Waals surface area contributed by atoms with Crippen LogP contribution in [-0.4, -0.2) is 18.3 Å². The molecule has 4 heteroatoms. The highest BCUT2D eigenvalue weighted by atomic mass is 32.1. The van der Waals surface area contributed by atoms with E-state index in [0.29, 0.717) is 17.6 Å². The molecule has 0 atom stereocenters. The third-order valence-corrected chi connectivity index (χ3v) is 2.32. The van der Waals surface area contributed by atoms with Crippen LogP contribution in [0.5, 0.6) is 5.75 Å². The summed E-state index contributed by atoms with van der Waals surface area (Å²) >= 11 is 5.20. The van der Waals surface area contributed by atoms with Gasteiger partial charge in [0.15, 0.2) is 5.11 Å². The van der Waals surface area contributed by atoms with Gasteiger partial charge in [0.1, 0.15) is 5.75 Å². The zero-order chi connectivity index (χ0) is 12.7. The van der Waals surface area contributed by atoms with Crippen molar-refractivity contribution in [2.24, 2.45) is 5.92 Å². The van der Waals surface area contributed by atoms with Crippen LogP contribution in [0.4, 0.5) is 5.69 Å². The van der Waals surface area contributed by atoms with Crippen molar-refractivity contribution in [3.05, 3.63) is 24.3 Å². The van der Waals surface area contributed by atoms with Crippen LogP contribution < -0.4 is 15.4 Å². The molecule has 0 aliphatic heterocycles. The van der Waals surface area contributed by atoms with Crippen LogP contribution >= 0.6 is 12.2 Å². The van der Waals surface area contributed by atoms with Gasteiger partial charge in [-0.2, -0.15) is 0 Å². The third kappa shape index (κ3) is 5.54. The average molecular weight is 252 g/mol. The van der Waals surface area contributed by atoms with Gasteiger partial charge in [0.25, 0.3) is 0 Å². The van der Waals surface area contributed by atoms with Gasteiger partial charge in [-0.1, -0.05) is 19.9 Å². The second-order valence-electron chi connectivity index (χ2n) is 4.19. The van der Waals surface area contributed by atoms with Crippen molar-refractivity contribution in [2.75, 3.05) is 18.5 Å². The molecule has 0 aliphatic rings. The van der Waals surface area contributed by atoms with Crippen molar-refractivity contribution >= 4 is 23.0 Å². The molecule has 0 bridgehead atoms. The summed E-state index contributed by atoms with van der Waals surface area (Å²) in [5.74, 6) is 1.42. The van der Waals surface area contributed by atoms with E-state index >= 15 is 0 Å². The zero-order valence-electron chi connectivity index (χ0n) is 10.6. The SMILES string of the molecule is CCOc1cccc(NC(=S)NCC(C)C)c1. The fourth-order valence-corrected chi connectivity index (χ4v) is 1.50. The summed E-state index contributed by atoms with van der Waals surface area (Å²) in [4.78, 5) is 0. The van der Waals surface area contributed by atoms with Crippen molar-refractivity contribution < 1.29 is 4.74 Å². The van der Waals surface area contributed by atoms with Crippen LogP contribution in [0.1, 0.15) is 20.8 Å². The van der Waals surface area contributed by atoms with Crippen LogP contribution in [0.3, 0.4) is 0 Å². The lowest BCUT2D eigenvalue weighted by Crippen LogP contribution is -2.31. The molecule has 1 aromatic rings. The number of hydrogen-bond donors (Lipinski definition) is 2. The van der Waals surface area contributed by atoms with Gasteiger partial charge in [0.2, 0.25) is 0 Å². The first-order chi connectivity index (χ1) is 8.11. The first kappa shape index (κ1) is 13.8. The fourth-order valence-electron chi connectivity index (χ4n) is 1.30. The van der Waals surface area contributed by atoms with E-state index in [1.54, 1.807) is 0 Å². The smallest absolute Gasteiger partial charge is 0.170 e. The van der Waals surface area contributed by atoms with E-state index in [-0.39, 0.29) is 0 Å². The highest BCUT2D eigenvalue weighted by Gasteiger charge is 2.00. The monoisotopic (exact) mass is 252 g/mol. The van der Waals surface area contributed by atoms with Crippen molar-refractivity contribution in [1.82, 2.24) is 5.32 Å². The lowest BCUT2D eigenvalue weighted by atomic mass is 10.2. The van der Waals surface area contributed by atoms with E-state index in [1.807, 2.05) is 31.2 Å². The zero-order valence-corrected chi connectivity index (χ0v) is 11.4. The molecular formula is C13H20N2OS. The molecule has 94 valence electrons. The Morgan fingerprint density at radius 2 is 2.18 bits per heavy atom. The summed E-state index contributed by atoms with van der Waals surface area (Å²) in [6.45, 7) is 7.79. The van der Waals surface area contributed by atoms with Crippen LogP contribution in [0, 0.1) is 5.92 Å². The molecule has 0 fully saturated rings. The Morgan fingerprint density at radius 1 is 1.41 bits per heavy atom. The maximum absolute atomic E-state index is 5.42. The number of ether oxygens (including phenoxy) is 1. The maximum Gasteiger partial charge on any atom is 0.170 e. The highest BCUT2D eigenvalue weighted by Crippen LogP contribution is 2.17. The van der Waals surface area contributed by atoms with E-state index in [1.165, 1.54) is 0 Å². The summed E-state index contributed by atoms with van der Waals surface area (Å²) in [5, 5.41) is 6.94. The molecule has 1 rings (SSSR count). The molecular weight excluding hydrogens is 232 g/mol. The topological polar surface area (TPSA) is 33.3 Å². The number of rotatable bonds is 5. The second-order valence-corrected chi connectivity index (χ2v) is 4.60. The quantitative estimate of drug-likeness (QED) is 0.789. The Kier molecular flexibility index (Phi) is 5.77. The molecule has 1 aromatic carbocycles. The van der Waals surface area contributed by atoms with Crippen molar-refractivity contribution in [3.8, 4) is 5.75 Å². The van der Waals surface area contributed by atoms with E-state index in [4.69, 9.17) is 17.0 Å². The molecule has 2 N–H and O–H groups in total. The Bertz CT molecular complexity index is 366. The molecule has 3 nitrogen and oxygen atoms in total. The summed E-state index contributed by atoms with van der Waals surface area (Å²) in [6.07, 6.45) is 0. The molecule has 0 heterocycles. The number of anilines is 1. The third-order valence-electron chi connectivity index (χ3n) is 2.07. The van der Waals surface area contributed by atoms with Crippen LogP contribution in [0.2, 0.25) is 0 Å². The largest absolute Gasteiger partial charge is 0.494 e. The molecule has 0 radical (unpaired) electrons. The Balaban J connectivity index is 2.50. The van der Waals surface area contributed by atoms with E-state index in [9.17, 15) is 0 Å². The minimum absolute atomic E-state index is 0.574. The van der Waals surface area contributed by atoms with Gasteiger partial charge in [-0.25, -0.2) is 0 Å². The highest BCUT2D eigenvalue weighted by molar-refractivity contribution is 7.80. The minimum Gasteiger partial charge on any atom is -0.494 e. The van der Waals surface area contributed by atoms with Gasteiger partial charge in [-0.15, -0.1) is 0 Å². The minimum atomic E-state index is 0.574. The molecule has 0 amide bonds. The van der Waals surface area contributed by atoms with Gasteiger partial charge in [0.05, 0.1) is 6.61 Å². The van der Waals surface area contributed by atoms with Crippen LogP contribution in [0.25, 0.3) is 0 Å². The molecule has 0 saturated heterocycles. The molecule has 0 spiro atoms. The lowest BCUT2D eigenvalue weighted by molar-refractivity contribution is 0.340. The predicted molar refractivity (Wildman–Crippen MR) is 76.7 cm³/mol. The van der Waals surface area contributed by atoms with Gasteiger partial charge in [0, 0.05) is 18.3 Å². The van der Waals surface area contributed by atoms with Gasteiger partial charge in [-0.05, 0) is 37.2 Å². The van der Waals surface area contributed by atoms with Crippen molar-refractivity contribution in [2.45, 2.75) is 20.8 Å². The normalized spacial score (nSPS) is 10.1. The molecule has 0 saturated carbocycles. The molecule has 0 aromatic heterocycles. The Morgan fingerprint density at radius 3 is 2.82 bits per heavy atom. The van der Waals surface area contributed by atoms with Crippen molar-refractivity contribution in [3.63, 3.8) is 0 Å². The maximum atomic E-state index is 5.42.